The van der Waals surface area contributed by atoms with Crippen molar-refractivity contribution in [2.75, 3.05) is 13.1 Å². The summed E-state index contributed by atoms with van der Waals surface area (Å²) in [7, 11) is 0. The monoisotopic (exact) mass is 357 g/mol. The summed E-state index contributed by atoms with van der Waals surface area (Å²) in [5.74, 6) is 5.61. The predicted molar refractivity (Wildman–Crippen MR) is 88.4 cm³/mol. The lowest BCUT2D eigenvalue weighted by Gasteiger charge is -2.46. The van der Waals surface area contributed by atoms with Crippen molar-refractivity contribution < 1.29 is 4.39 Å². The van der Waals surface area contributed by atoms with Crippen molar-refractivity contribution in [1.82, 2.24) is 10.3 Å². The Kier molecular flexibility index (Phi) is 5.77. The molecule has 1 aliphatic rings. The van der Waals surface area contributed by atoms with Crippen molar-refractivity contribution >= 4 is 15.9 Å². The fraction of sp³-hybridized carbons (Fsp3) is 0.625. The lowest BCUT2D eigenvalue weighted by Crippen LogP contribution is -2.61. The zero-order chi connectivity index (χ0) is 15.5. The lowest BCUT2D eigenvalue weighted by atomic mass is 9.86. The van der Waals surface area contributed by atoms with Crippen LogP contribution < -0.4 is 11.3 Å². The average Bonchev–Trinajstić information content (AvgIpc) is 2.48. The molecule has 3 N–H and O–H groups in total. The first-order chi connectivity index (χ1) is 9.95. The van der Waals surface area contributed by atoms with Crippen molar-refractivity contribution in [3.05, 3.63) is 34.1 Å². The van der Waals surface area contributed by atoms with E-state index in [0.717, 1.165) is 23.1 Å². The summed E-state index contributed by atoms with van der Waals surface area (Å²) >= 11 is 3.50. The maximum atomic E-state index is 13.5. The first-order valence-corrected chi connectivity index (χ1v) is 8.39. The molecule has 1 heterocycles. The average molecular weight is 358 g/mol. The molecule has 0 radical (unpaired) electrons. The van der Waals surface area contributed by atoms with Crippen LogP contribution >= 0.6 is 15.9 Å². The first-order valence-electron chi connectivity index (χ1n) is 7.60. The van der Waals surface area contributed by atoms with Crippen LogP contribution in [0.3, 0.4) is 0 Å². The summed E-state index contributed by atoms with van der Waals surface area (Å²) in [4.78, 5) is 2.49. The van der Waals surface area contributed by atoms with E-state index in [9.17, 15) is 4.39 Å². The van der Waals surface area contributed by atoms with Gasteiger partial charge in [0.1, 0.15) is 5.82 Å². The van der Waals surface area contributed by atoms with Crippen LogP contribution in [0.5, 0.6) is 0 Å². The third kappa shape index (κ3) is 4.03. The Morgan fingerprint density at radius 2 is 2.00 bits per heavy atom. The van der Waals surface area contributed by atoms with Gasteiger partial charge in [-0.3, -0.25) is 16.2 Å². The molecule has 21 heavy (non-hydrogen) atoms. The van der Waals surface area contributed by atoms with Crippen LogP contribution in [0.15, 0.2) is 22.7 Å². The lowest BCUT2D eigenvalue weighted by molar-refractivity contribution is 0.0610. The van der Waals surface area contributed by atoms with E-state index in [1.807, 2.05) is 0 Å². The van der Waals surface area contributed by atoms with Crippen molar-refractivity contribution in [1.29, 1.82) is 0 Å². The van der Waals surface area contributed by atoms with Gasteiger partial charge in [-0.1, -0.05) is 22.4 Å². The molecule has 3 nitrogen and oxygen atoms in total. The largest absolute Gasteiger partial charge is 0.297 e. The molecule has 0 bridgehead atoms. The maximum absolute atomic E-state index is 13.5. The van der Waals surface area contributed by atoms with E-state index in [2.05, 4.69) is 40.1 Å². The molecule has 1 aromatic rings. The minimum Gasteiger partial charge on any atom is -0.297 e. The highest BCUT2D eigenvalue weighted by Gasteiger charge is 2.35. The number of halogens is 2. The summed E-state index contributed by atoms with van der Waals surface area (Å²) in [5.41, 5.74) is 3.83. The summed E-state index contributed by atoms with van der Waals surface area (Å²) < 4.78 is 14.4. The van der Waals surface area contributed by atoms with Crippen LogP contribution in [0, 0.1) is 5.82 Å². The van der Waals surface area contributed by atoms with E-state index in [0.29, 0.717) is 6.42 Å². The maximum Gasteiger partial charge on any atom is 0.123 e. The molecule has 2 rings (SSSR count). The quantitative estimate of drug-likeness (QED) is 0.627. The van der Waals surface area contributed by atoms with E-state index in [-0.39, 0.29) is 17.4 Å². The van der Waals surface area contributed by atoms with Gasteiger partial charge < -0.3 is 0 Å². The van der Waals surface area contributed by atoms with Crippen molar-refractivity contribution in [3.63, 3.8) is 0 Å². The third-order valence-corrected chi connectivity index (χ3v) is 5.43. The molecule has 0 spiro atoms. The topological polar surface area (TPSA) is 41.3 Å². The minimum absolute atomic E-state index is 0.0636. The van der Waals surface area contributed by atoms with Crippen LogP contribution in [0.1, 0.15) is 38.7 Å². The highest BCUT2D eigenvalue weighted by molar-refractivity contribution is 9.10. The fourth-order valence-electron chi connectivity index (χ4n) is 3.12. The number of benzene rings is 1. The van der Waals surface area contributed by atoms with Crippen LogP contribution in [0.25, 0.3) is 0 Å². The minimum atomic E-state index is -0.209. The second-order valence-corrected chi connectivity index (χ2v) is 7.21. The van der Waals surface area contributed by atoms with Crippen molar-refractivity contribution in [2.24, 2.45) is 5.84 Å². The van der Waals surface area contributed by atoms with Gasteiger partial charge in [-0.2, -0.15) is 0 Å². The number of nitrogens with two attached hydrogens (primary N) is 1. The third-order valence-electron chi connectivity index (χ3n) is 4.66. The predicted octanol–water partition coefficient (Wildman–Crippen LogP) is 3.23. The number of rotatable bonds is 5. The second-order valence-electron chi connectivity index (χ2n) is 6.36. The van der Waals surface area contributed by atoms with Gasteiger partial charge in [0.05, 0.1) is 0 Å². The van der Waals surface area contributed by atoms with Gasteiger partial charge in [0.2, 0.25) is 0 Å². The molecule has 1 aromatic carbocycles. The number of hydrazine groups is 1. The van der Waals surface area contributed by atoms with E-state index in [1.54, 1.807) is 12.1 Å². The van der Waals surface area contributed by atoms with Crippen molar-refractivity contribution in [3.8, 4) is 0 Å². The summed E-state index contributed by atoms with van der Waals surface area (Å²) in [6, 6.07) is 4.87. The van der Waals surface area contributed by atoms with Gasteiger partial charge in [-0.05, 0) is 70.0 Å². The molecular formula is C16H25BrFN3. The van der Waals surface area contributed by atoms with E-state index < -0.39 is 0 Å². The van der Waals surface area contributed by atoms with E-state index in [4.69, 9.17) is 5.84 Å². The Morgan fingerprint density at radius 3 is 2.62 bits per heavy atom. The van der Waals surface area contributed by atoms with Crippen LogP contribution in [0.2, 0.25) is 0 Å². The number of nitrogens with zero attached hydrogens (tertiary/aromatic N) is 1. The number of piperidine rings is 1. The highest BCUT2D eigenvalue weighted by atomic mass is 79.9. The number of hydrogen-bond donors (Lipinski definition) is 2. The molecule has 1 atom stereocenters. The van der Waals surface area contributed by atoms with Crippen LogP contribution in [-0.2, 0) is 6.42 Å². The smallest absolute Gasteiger partial charge is 0.123 e. The van der Waals surface area contributed by atoms with Gasteiger partial charge in [-0.25, -0.2) is 4.39 Å². The van der Waals surface area contributed by atoms with Gasteiger partial charge in [0, 0.05) is 16.1 Å². The highest BCUT2D eigenvalue weighted by Crippen LogP contribution is 2.28. The van der Waals surface area contributed by atoms with Gasteiger partial charge in [-0.15, -0.1) is 0 Å². The fourth-order valence-corrected chi connectivity index (χ4v) is 3.53. The Hall–Kier alpha value is -0.490. The normalized spacial score (nSPS) is 18.7. The van der Waals surface area contributed by atoms with Gasteiger partial charge in [0.25, 0.3) is 0 Å². The molecule has 0 amide bonds. The van der Waals surface area contributed by atoms with Crippen LogP contribution in [0.4, 0.5) is 4.39 Å². The number of nitrogens with one attached hydrogen (secondary N) is 1. The van der Waals surface area contributed by atoms with Crippen molar-refractivity contribution in [2.45, 2.75) is 51.1 Å². The molecule has 1 saturated heterocycles. The molecule has 118 valence electrons. The Morgan fingerprint density at radius 1 is 1.33 bits per heavy atom. The molecular weight excluding hydrogens is 333 g/mol. The van der Waals surface area contributed by atoms with E-state index in [1.165, 1.54) is 25.3 Å². The Bertz CT molecular complexity index is 473. The zero-order valence-electron chi connectivity index (χ0n) is 12.8. The molecule has 0 aliphatic carbocycles. The molecule has 0 aromatic heterocycles. The first kappa shape index (κ1) is 16.9. The van der Waals surface area contributed by atoms with E-state index >= 15 is 0 Å². The molecule has 1 fully saturated rings. The molecule has 1 unspecified atom stereocenters. The SMILES string of the molecule is CC(C)(C(Cc1cc(F)ccc1Br)NN)N1CCCCC1. The Balaban J connectivity index is 2.16. The summed E-state index contributed by atoms with van der Waals surface area (Å²) in [6.45, 7) is 6.65. The Labute approximate surface area is 135 Å². The molecule has 1 aliphatic heterocycles. The number of likely N-dealkylation sites (tertiary alicyclic amines) is 1. The second kappa shape index (κ2) is 7.18. The summed E-state index contributed by atoms with van der Waals surface area (Å²) in [6.07, 6.45) is 4.48. The number of hydrogen-bond acceptors (Lipinski definition) is 3. The standard InChI is InChI=1S/C16H25BrFN3/c1-16(2,21-8-4-3-5-9-21)15(20-19)11-12-10-13(18)6-7-14(12)17/h6-7,10,15,20H,3-5,8-9,11,19H2,1-2H3. The zero-order valence-corrected chi connectivity index (χ0v) is 14.4. The van der Waals surface area contributed by atoms with Gasteiger partial charge >= 0.3 is 0 Å². The molecule has 0 saturated carbocycles. The molecule has 5 heteroatoms. The summed E-state index contributed by atoms with van der Waals surface area (Å²) in [5, 5.41) is 0. The van der Waals surface area contributed by atoms with Crippen LogP contribution in [-0.4, -0.2) is 29.6 Å². The van der Waals surface area contributed by atoms with Gasteiger partial charge in [0.15, 0.2) is 0 Å².